The van der Waals surface area contributed by atoms with Crippen molar-refractivity contribution in [3.8, 4) is 0 Å². The molecule has 1 unspecified atom stereocenters. The molecule has 7 heteroatoms. The second kappa shape index (κ2) is 4.63. The van der Waals surface area contributed by atoms with E-state index in [2.05, 4.69) is 15.3 Å². The molecule has 0 bridgehead atoms. The summed E-state index contributed by atoms with van der Waals surface area (Å²) in [5.41, 5.74) is 0.911. The number of anilines is 1. The molecule has 1 atom stereocenters. The highest BCUT2D eigenvalue weighted by Crippen LogP contribution is 2.34. The maximum atomic E-state index is 12.6. The van der Waals surface area contributed by atoms with Gasteiger partial charge in [0.1, 0.15) is 5.82 Å². The van der Waals surface area contributed by atoms with Crippen LogP contribution in [0, 0.1) is 5.92 Å². The molecule has 2 saturated heterocycles. The average Bonchev–Trinajstić information content (AvgIpc) is 2.76. The summed E-state index contributed by atoms with van der Waals surface area (Å²) in [7, 11) is 0. The lowest BCUT2D eigenvalue weighted by molar-refractivity contribution is -0.168. The molecule has 104 valence electrons. The van der Waals surface area contributed by atoms with Crippen LogP contribution in [0.5, 0.6) is 0 Å². The van der Waals surface area contributed by atoms with E-state index in [-0.39, 0.29) is 13.0 Å². The SMILES string of the molecule is FC(F)(F)C1CCN(c2cnc(C3CNC3)cn2)C1. The number of hydrogen-bond acceptors (Lipinski definition) is 4. The zero-order valence-corrected chi connectivity index (χ0v) is 10.3. The summed E-state index contributed by atoms with van der Waals surface area (Å²) in [5.74, 6) is -0.310. The minimum Gasteiger partial charge on any atom is -0.355 e. The first-order valence-electron chi connectivity index (χ1n) is 6.38. The maximum Gasteiger partial charge on any atom is 0.393 e. The van der Waals surface area contributed by atoms with Crippen LogP contribution in [0.15, 0.2) is 12.4 Å². The van der Waals surface area contributed by atoms with E-state index < -0.39 is 12.1 Å². The summed E-state index contributed by atoms with van der Waals surface area (Å²) in [5, 5.41) is 3.15. The zero-order chi connectivity index (χ0) is 13.5. The first-order valence-corrected chi connectivity index (χ1v) is 6.38. The molecule has 2 fully saturated rings. The summed E-state index contributed by atoms with van der Waals surface area (Å²) < 4.78 is 37.8. The van der Waals surface area contributed by atoms with Gasteiger partial charge in [-0.1, -0.05) is 0 Å². The molecule has 4 nitrogen and oxygen atoms in total. The molecule has 1 N–H and O–H groups in total. The predicted molar refractivity (Wildman–Crippen MR) is 64.0 cm³/mol. The molecule has 3 rings (SSSR count). The van der Waals surface area contributed by atoms with Gasteiger partial charge in [-0.15, -0.1) is 0 Å². The van der Waals surface area contributed by atoms with Crippen LogP contribution in [0.1, 0.15) is 18.0 Å². The monoisotopic (exact) mass is 272 g/mol. The van der Waals surface area contributed by atoms with Crippen molar-refractivity contribution in [2.24, 2.45) is 5.92 Å². The molecule has 0 aromatic carbocycles. The molecular weight excluding hydrogens is 257 g/mol. The molecule has 0 amide bonds. The zero-order valence-electron chi connectivity index (χ0n) is 10.3. The summed E-state index contributed by atoms with van der Waals surface area (Å²) in [6, 6.07) is 0. The molecule has 2 aliphatic heterocycles. The van der Waals surface area contributed by atoms with Crippen LogP contribution in [0.2, 0.25) is 0 Å². The van der Waals surface area contributed by atoms with Crippen molar-refractivity contribution in [2.45, 2.75) is 18.5 Å². The van der Waals surface area contributed by atoms with E-state index in [0.29, 0.717) is 18.3 Å². The predicted octanol–water partition coefficient (Wildman–Crippen LogP) is 1.55. The number of rotatable bonds is 2. The Bertz CT molecular complexity index is 441. The second-order valence-electron chi connectivity index (χ2n) is 5.13. The Kier molecular flexibility index (Phi) is 3.08. The van der Waals surface area contributed by atoms with Crippen molar-refractivity contribution < 1.29 is 13.2 Å². The van der Waals surface area contributed by atoms with E-state index >= 15 is 0 Å². The molecule has 1 aromatic heterocycles. The van der Waals surface area contributed by atoms with Crippen molar-refractivity contribution in [2.75, 3.05) is 31.1 Å². The first kappa shape index (κ1) is 12.7. The lowest BCUT2D eigenvalue weighted by Gasteiger charge is -2.26. The minimum atomic E-state index is -4.11. The van der Waals surface area contributed by atoms with Gasteiger partial charge in [0.2, 0.25) is 0 Å². The van der Waals surface area contributed by atoms with Crippen LogP contribution < -0.4 is 10.2 Å². The van der Waals surface area contributed by atoms with Crippen molar-refractivity contribution in [3.63, 3.8) is 0 Å². The summed E-state index contributed by atoms with van der Waals surface area (Å²) >= 11 is 0. The minimum absolute atomic E-state index is 0.0114. The Morgan fingerprint density at radius 2 is 2.00 bits per heavy atom. The van der Waals surface area contributed by atoms with Gasteiger partial charge in [-0.05, 0) is 6.42 Å². The summed E-state index contributed by atoms with van der Waals surface area (Å²) in [6.07, 6.45) is -0.701. The van der Waals surface area contributed by atoms with Crippen LogP contribution in [0.3, 0.4) is 0 Å². The molecule has 0 saturated carbocycles. The maximum absolute atomic E-state index is 12.6. The normalized spacial score (nSPS) is 24.6. The van der Waals surface area contributed by atoms with Crippen LogP contribution in [0.25, 0.3) is 0 Å². The molecule has 2 aliphatic rings. The third kappa shape index (κ3) is 2.51. The quantitative estimate of drug-likeness (QED) is 0.887. The van der Waals surface area contributed by atoms with Gasteiger partial charge in [0.05, 0.1) is 24.0 Å². The van der Waals surface area contributed by atoms with Crippen LogP contribution >= 0.6 is 0 Å². The van der Waals surface area contributed by atoms with Crippen molar-refractivity contribution in [1.82, 2.24) is 15.3 Å². The van der Waals surface area contributed by atoms with Gasteiger partial charge < -0.3 is 10.2 Å². The average molecular weight is 272 g/mol. The topological polar surface area (TPSA) is 41.1 Å². The summed E-state index contributed by atoms with van der Waals surface area (Å²) in [6.45, 7) is 2.17. The van der Waals surface area contributed by atoms with E-state index in [0.717, 1.165) is 18.8 Å². The number of nitrogens with zero attached hydrogens (tertiary/aromatic N) is 3. The van der Waals surface area contributed by atoms with Gasteiger partial charge in [0.15, 0.2) is 0 Å². The highest BCUT2D eigenvalue weighted by Gasteiger charge is 2.43. The molecule has 0 aliphatic carbocycles. The van der Waals surface area contributed by atoms with Crippen molar-refractivity contribution in [3.05, 3.63) is 18.1 Å². The molecule has 0 spiro atoms. The lowest BCUT2D eigenvalue weighted by Crippen LogP contribution is -2.40. The molecular formula is C12H15F3N4. The Labute approximate surface area is 109 Å². The summed E-state index contributed by atoms with van der Waals surface area (Å²) in [4.78, 5) is 10.2. The van der Waals surface area contributed by atoms with Crippen LogP contribution in [0.4, 0.5) is 19.0 Å². The number of hydrogen-bond donors (Lipinski definition) is 1. The van der Waals surface area contributed by atoms with E-state index in [1.807, 2.05) is 0 Å². The first-order chi connectivity index (χ1) is 9.04. The molecule has 0 radical (unpaired) electrons. The van der Waals surface area contributed by atoms with Crippen LogP contribution in [-0.4, -0.2) is 42.3 Å². The third-order valence-corrected chi connectivity index (χ3v) is 3.83. The Morgan fingerprint density at radius 3 is 2.47 bits per heavy atom. The van der Waals surface area contributed by atoms with Crippen molar-refractivity contribution >= 4 is 5.82 Å². The van der Waals surface area contributed by atoms with E-state index in [4.69, 9.17) is 0 Å². The fourth-order valence-electron chi connectivity index (χ4n) is 2.44. The Balaban J connectivity index is 1.66. The fourth-order valence-corrected chi connectivity index (χ4v) is 2.44. The van der Waals surface area contributed by atoms with Gasteiger partial charge in [0, 0.05) is 32.1 Å². The fraction of sp³-hybridized carbons (Fsp3) is 0.667. The Morgan fingerprint density at radius 1 is 1.21 bits per heavy atom. The standard InChI is InChI=1S/C12H15F3N4/c13-12(14,15)9-1-2-19(7-9)11-6-17-10(5-18-11)8-3-16-4-8/h5-6,8-9,16H,1-4,7H2. The third-order valence-electron chi connectivity index (χ3n) is 3.83. The van der Waals surface area contributed by atoms with Gasteiger partial charge in [0.25, 0.3) is 0 Å². The molecule has 19 heavy (non-hydrogen) atoms. The molecule has 1 aromatic rings. The smallest absolute Gasteiger partial charge is 0.355 e. The van der Waals surface area contributed by atoms with Crippen molar-refractivity contribution in [1.29, 1.82) is 0 Å². The lowest BCUT2D eigenvalue weighted by atomic mass is 10.0. The second-order valence-corrected chi connectivity index (χ2v) is 5.13. The van der Waals surface area contributed by atoms with E-state index in [9.17, 15) is 13.2 Å². The highest BCUT2D eigenvalue weighted by atomic mass is 19.4. The number of aromatic nitrogens is 2. The van der Waals surface area contributed by atoms with E-state index in [1.54, 1.807) is 17.3 Å². The van der Waals surface area contributed by atoms with E-state index in [1.165, 1.54) is 0 Å². The number of nitrogens with one attached hydrogen (secondary N) is 1. The highest BCUT2D eigenvalue weighted by molar-refractivity contribution is 5.38. The van der Waals surface area contributed by atoms with Gasteiger partial charge in [-0.2, -0.15) is 13.2 Å². The van der Waals surface area contributed by atoms with Crippen LogP contribution in [-0.2, 0) is 0 Å². The van der Waals surface area contributed by atoms with Gasteiger partial charge in [-0.25, -0.2) is 4.98 Å². The van der Waals surface area contributed by atoms with Gasteiger partial charge >= 0.3 is 6.18 Å². The largest absolute Gasteiger partial charge is 0.393 e. The molecule has 3 heterocycles. The number of halogens is 3. The number of alkyl halides is 3. The van der Waals surface area contributed by atoms with Gasteiger partial charge in [-0.3, -0.25) is 4.98 Å². The Hall–Kier alpha value is -1.37.